The van der Waals surface area contributed by atoms with Gasteiger partial charge in [0.05, 0.1) is 13.5 Å². The number of carbonyl (C=O) groups is 2. The van der Waals surface area contributed by atoms with E-state index in [1.165, 1.54) is 7.11 Å². The molecular formula is C11H14O3. The van der Waals surface area contributed by atoms with Gasteiger partial charge in [-0.05, 0) is 12.3 Å². The van der Waals surface area contributed by atoms with Crippen LogP contribution in [0.15, 0.2) is 0 Å². The van der Waals surface area contributed by atoms with Gasteiger partial charge in [0.2, 0.25) is 0 Å². The van der Waals surface area contributed by atoms with Gasteiger partial charge in [0, 0.05) is 18.8 Å². The van der Waals surface area contributed by atoms with Crippen LogP contribution < -0.4 is 0 Å². The summed E-state index contributed by atoms with van der Waals surface area (Å²) < 4.78 is 4.47. The van der Waals surface area contributed by atoms with E-state index in [2.05, 4.69) is 16.6 Å². The van der Waals surface area contributed by atoms with Crippen LogP contribution in [0.4, 0.5) is 0 Å². The van der Waals surface area contributed by atoms with Crippen molar-refractivity contribution >= 4 is 12.3 Å². The molecule has 0 bridgehead atoms. The lowest BCUT2D eigenvalue weighted by molar-refractivity contribution is -0.140. The number of aldehydes is 1. The minimum Gasteiger partial charge on any atom is -0.469 e. The van der Waals surface area contributed by atoms with Crippen LogP contribution >= 0.6 is 0 Å². The predicted octanol–water partition coefficient (Wildman–Crippen LogP) is 1.17. The summed E-state index contributed by atoms with van der Waals surface area (Å²) in [5.41, 5.74) is 0. The molecule has 3 heteroatoms. The zero-order valence-electron chi connectivity index (χ0n) is 8.29. The average Bonchev–Trinajstić information content (AvgIpc) is 2.95. The fourth-order valence-corrected chi connectivity index (χ4v) is 1.23. The maximum atomic E-state index is 10.7. The number of ether oxygens (including phenoxy) is 1. The van der Waals surface area contributed by atoms with E-state index >= 15 is 0 Å². The first kappa shape index (κ1) is 10.8. The Labute approximate surface area is 83.8 Å². The summed E-state index contributed by atoms with van der Waals surface area (Å²) >= 11 is 0. The SMILES string of the molecule is COC(=O)CCC#CCC1CC1C=O. The van der Waals surface area contributed by atoms with Gasteiger partial charge in [0.25, 0.3) is 0 Å². The Morgan fingerprint density at radius 1 is 1.57 bits per heavy atom. The number of rotatable bonds is 4. The molecule has 2 atom stereocenters. The highest BCUT2D eigenvalue weighted by atomic mass is 16.5. The lowest BCUT2D eigenvalue weighted by atomic mass is 10.2. The number of hydrogen-bond acceptors (Lipinski definition) is 3. The smallest absolute Gasteiger partial charge is 0.306 e. The van der Waals surface area contributed by atoms with E-state index in [1.54, 1.807) is 0 Å². The van der Waals surface area contributed by atoms with Crippen molar-refractivity contribution in [1.82, 2.24) is 0 Å². The van der Waals surface area contributed by atoms with Crippen LogP contribution in [-0.4, -0.2) is 19.4 Å². The van der Waals surface area contributed by atoms with Crippen LogP contribution in [0, 0.1) is 23.7 Å². The van der Waals surface area contributed by atoms with Crippen molar-refractivity contribution in [2.75, 3.05) is 7.11 Å². The molecule has 1 aliphatic rings. The molecule has 0 heterocycles. The fourth-order valence-electron chi connectivity index (χ4n) is 1.23. The van der Waals surface area contributed by atoms with Crippen LogP contribution in [0.3, 0.4) is 0 Å². The summed E-state index contributed by atoms with van der Waals surface area (Å²) in [5, 5.41) is 0. The molecule has 3 nitrogen and oxygen atoms in total. The monoisotopic (exact) mass is 194 g/mol. The Morgan fingerprint density at radius 3 is 2.93 bits per heavy atom. The lowest BCUT2D eigenvalue weighted by Crippen LogP contribution is -1.98. The second-order valence-corrected chi connectivity index (χ2v) is 3.43. The summed E-state index contributed by atoms with van der Waals surface area (Å²) in [4.78, 5) is 21.0. The molecular weight excluding hydrogens is 180 g/mol. The molecule has 1 rings (SSSR count). The largest absolute Gasteiger partial charge is 0.469 e. The zero-order chi connectivity index (χ0) is 10.4. The molecule has 76 valence electrons. The zero-order valence-corrected chi connectivity index (χ0v) is 8.29. The molecule has 1 saturated carbocycles. The van der Waals surface area contributed by atoms with Gasteiger partial charge in [-0.1, -0.05) is 0 Å². The first-order chi connectivity index (χ1) is 6.77. The second kappa shape index (κ2) is 5.43. The van der Waals surface area contributed by atoms with E-state index < -0.39 is 0 Å². The van der Waals surface area contributed by atoms with Crippen molar-refractivity contribution in [3.05, 3.63) is 0 Å². The van der Waals surface area contributed by atoms with E-state index in [1.807, 2.05) is 0 Å². The van der Waals surface area contributed by atoms with Gasteiger partial charge in [0.15, 0.2) is 0 Å². The summed E-state index contributed by atoms with van der Waals surface area (Å²) in [5.74, 6) is 6.36. The molecule has 0 spiro atoms. The van der Waals surface area contributed by atoms with Gasteiger partial charge in [-0.3, -0.25) is 4.79 Å². The Kier molecular flexibility index (Phi) is 4.18. The van der Waals surface area contributed by atoms with Gasteiger partial charge in [-0.2, -0.15) is 0 Å². The van der Waals surface area contributed by atoms with E-state index in [-0.39, 0.29) is 11.9 Å². The molecule has 0 aromatic heterocycles. The highest BCUT2D eigenvalue weighted by Crippen LogP contribution is 2.38. The third-order valence-corrected chi connectivity index (χ3v) is 2.32. The third kappa shape index (κ3) is 3.61. The highest BCUT2D eigenvalue weighted by molar-refractivity contribution is 5.69. The van der Waals surface area contributed by atoms with E-state index in [4.69, 9.17) is 0 Å². The standard InChI is InChI=1S/C11H14O3/c1-14-11(13)6-4-2-3-5-9-7-10(9)8-12/h8-10H,4-7H2,1H3. The van der Waals surface area contributed by atoms with Crippen molar-refractivity contribution < 1.29 is 14.3 Å². The number of esters is 1. The van der Waals surface area contributed by atoms with Crippen LogP contribution in [0.5, 0.6) is 0 Å². The molecule has 14 heavy (non-hydrogen) atoms. The Bertz CT molecular complexity index is 272. The van der Waals surface area contributed by atoms with Gasteiger partial charge in [0.1, 0.15) is 6.29 Å². The molecule has 1 fully saturated rings. The molecule has 0 aliphatic heterocycles. The normalized spacial score (nSPS) is 23.2. The quantitative estimate of drug-likeness (QED) is 0.383. The maximum Gasteiger partial charge on any atom is 0.306 e. The molecule has 0 amide bonds. The summed E-state index contributed by atoms with van der Waals surface area (Å²) in [6.07, 6.45) is 3.66. The maximum absolute atomic E-state index is 10.7. The summed E-state index contributed by atoms with van der Waals surface area (Å²) in [6, 6.07) is 0. The number of carbonyl (C=O) groups excluding carboxylic acids is 2. The van der Waals surface area contributed by atoms with E-state index in [9.17, 15) is 9.59 Å². The third-order valence-electron chi connectivity index (χ3n) is 2.32. The van der Waals surface area contributed by atoms with E-state index in [0.29, 0.717) is 18.8 Å². The molecule has 0 radical (unpaired) electrons. The topological polar surface area (TPSA) is 43.4 Å². The van der Waals surface area contributed by atoms with Crippen LogP contribution in [0.25, 0.3) is 0 Å². The lowest BCUT2D eigenvalue weighted by Gasteiger charge is -1.91. The first-order valence-electron chi connectivity index (χ1n) is 4.75. The molecule has 0 aromatic rings. The molecule has 0 aromatic carbocycles. The fraction of sp³-hybridized carbons (Fsp3) is 0.636. The minimum atomic E-state index is -0.225. The first-order valence-corrected chi connectivity index (χ1v) is 4.75. The van der Waals surface area contributed by atoms with E-state index in [0.717, 1.165) is 19.1 Å². The minimum absolute atomic E-state index is 0.225. The summed E-state index contributed by atoms with van der Waals surface area (Å²) in [6.45, 7) is 0. The molecule has 0 N–H and O–H groups in total. The Morgan fingerprint density at radius 2 is 2.36 bits per heavy atom. The van der Waals surface area contributed by atoms with Crippen molar-refractivity contribution in [3.63, 3.8) is 0 Å². The van der Waals surface area contributed by atoms with Crippen molar-refractivity contribution in [3.8, 4) is 11.8 Å². The van der Waals surface area contributed by atoms with Gasteiger partial charge >= 0.3 is 5.97 Å². The Balaban J connectivity index is 2.04. The second-order valence-electron chi connectivity index (χ2n) is 3.43. The van der Waals surface area contributed by atoms with Gasteiger partial charge in [-0.25, -0.2) is 0 Å². The van der Waals surface area contributed by atoms with Crippen molar-refractivity contribution in [1.29, 1.82) is 0 Å². The Hall–Kier alpha value is -1.30. The van der Waals surface area contributed by atoms with Crippen molar-refractivity contribution in [2.24, 2.45) is 11.8 Å². The van der Waals surface area contributed by atoms with Gasteiger partial charge in [-0.15, -0.1) is 11.8 Å². The van der Waals surface area contributed by atoms with Crippen LogP contribution in [0.2, 0.25) is 0 Å². The number of hydrogen-bond donors (Lipinski definition) is 0. The molecule has 0 saturated heterocycles. The molecule has 2 unspecified atom stereocenters. The van der Waals surface area contributed by atoms with Crippen LogP contribution in [0.1, 0.15) is 25.7 Å². The highest BCUT2D eigenvalue weighted by Gasteiger charge is 2.35. The van der Waals surface area contributed by atoms with Gasteiger partial charge < -0.3 is 9.53 Å². The predicted molar refractivity (Wildman–Crippen MR) is 51.3 cm³/mol. The van der Waals surface area contributed by atoms with Crippen molar-refractivity contribution in [2.45, 2.75) is 25.7 Å². The summed E-state index contributed by atoms with van der Waals surface area (Å²) in [7, 11) is 1.37. The number of methoxy groups -OCH3 is 1. The molecule has 1 aliphatic carbocycles. The average molecular weight is 194 g/mol. The van der Waals surface area contributed by atoms with Crippen LogP contribution in [-0.2, 0) is 14.3 Å².